The number of amides is 2. The highest BCUT2D eigenvalue weighted by atomic mass is 19.4. The van der Waals surface area contributed by atoms with E-state index in [-0.39, 0.29) is 30.9 Å². The van der Waals surface area contributed by atoms with Crippen molar-refractivity contribution >= 4 is 12.2 Å². The second-order valence-electron chi connectivity index (χ2n) is 11.4. The number of hydrogen-bond acceptors (Lipinski definition) is 5. The number of carbonyl (C=O) groups is 2. The zero-order chi connectivity index (χ0) is 31.6. The number of methoxy groups -OCH3 is 1. The number of alkyl halides is 6. The fourth-order valence-electron chi connectivity index (χ4n) is 5.23. The molecule has 0 spiro atoms. The van der Waals surface area contributed by atoms with Crippen molar-refractivity contribution in [2.24, 2.45) is 7.05 Å². The third-order valence-corrected chi connectivity index (χ3v) is 7.14. The van der Waals surface area contributed by atoms with Crippen molar-refractivity contribution in [3.63, 3.8) is 0 Å². The molecule has 1 aromatic carbocycles. The van der Waals surface area contributed by atoms with Crippen LogP contribution in [0.3, 0.4) is 0 Å². The number of imidazole rings is 1. The van der Waals surface area contributed by atoms with Crippen LogP contribution in [0.5, 0.6) is 0 Å². The van der Waals surface area contributed by atoms with Gasteiger partial charge in [-0.3, -0.25) is 0 Å². The van der Waals surface area contributed by atoms with Gasteiger partial charge in [-0.05, 0) is 63.8 Å². The van der Waals surface area contributed by atoms with Gasteiger partial charge in [0.15, 0.2) is 0 Å². The van der Waals surface area contributed by atoms with E-state index >= 15 is 0 Å². The van der Waals surface area contributed by atoms with E-state index in [4.69, 9.17) is 9.47 Å². The molecule has 1 saturated heterocycles. The molecule has 2 aromatic rings. The van der Waals surface area contributed by atoms with E-state index in [2.05, 4.69) is 4.98 Å². The summed E-state index contributed by atoms with van der Waals surface area (Å²) in [6.45, 7) is 6.47. The van der Waals surface area contributed by atoms with Crippen molar-refractivity contribution in [1.82, 2.24) is 19.4 Å². The molecule has 42 heavy (non-hydrogen) atoms. The first-order valence-electron chi connectivity index (χ1n) is 13.4. The van der Waals surface area contributed by atoms with Crippen LogP contribution in [0.4, 0.5) is 35.9 Å². The minimum Gasteiger partial charge on any atom is -0.453 e. The highest BCUT2D eigenvalue weighted by molar-refractivity contribution is 5.70. The number of aromatic nitrogens is 2. The van der Waals surface area contributed by atoms with Crippen LogP contribution in [0.25, 0.3) is 0 Å². The van der Waals surface area contributed by atoms with Gasteiger partial charge in [-0.25, -0.2) is 14.6 Å². The third-order valence-electron chi connectivity index (χ3n) is 7.14. The number of aryl methyl sites for hydroxylation is 1. The first-order chi connectivity index (χ1) is 19.3. The van der Waals surface area contributed by atoms with E-state index in [1.807, 2.05) is 6.92 Å². The number of likely N-dealkylation sites (tertiary alicyclic amines) is 1. The molecule has 2 heterocycles. The van der Waals surface area contributed by atoms with E-state index in [0.717, 1.165) is 12.0 Å². The Hall–Kier alpha value is -3.45. The van der Waals surface area contributed by atoms with Crippen molar-refractivity contribution < 1.29 is 45.4 Å². The summed E-state index contributed by atoms with van der Waals surface area (Å²) in [6, 6.07) is -0.447. The van der Waals surface area contributed by atoms with Crippen molar-refractivity contribution in [2.75, 3.05) is 7.11 Å². The maximum absolute atomic E-state index is 13.5. The summed E-state index contributed by atoms with van der Waals surface area (Å²) in [6.07, 6.45) is -7.15. The molecule has 14 heteroatoms. The summed E-state index contributed by atoms with van der Waals surface area (Å²) < 4.78 is 93.5. The molecule has 8 nitrogen and oxygen atoms in total. The Bertz CT molecular complexity index is 1220. The van der Waals surface area contributed by atoms with E-state index in [0.29, 0.717) is 24.4 Å². The molecule has 0 saturated carbocycles. The molecule has 1 aliphatic rings. The fraction of sp³-hybridized carbons (Fsp3) is 0.607. The zero-order valence-electron chi connectivity index (χ0n) is 24.3. The summed E-state index contributed by atoms with van der Waals surface area (Å²) in [5.74, 6) is 0.640. The molecule has 3 atom stereocenters. The van der Waals surface area contributed by atoms with E-state index < -0.39 is 65.9 Å². The summed E-state index contributed by atoms with van der Waals surface area (Å²) in [4.78, 5) is 33.5. The Labute approximate surface area is 240 Å². The SMILES string of the molecule is CC[C@@H]1C[C@H](N(Cc2cc(C(F)(F)F)cc(C(F)(F)F)c2)C(=O)OC)C[C@H](Cc2nccn2C)N1C(=O)OC(C)(C)C. The molecule has 1 fully saturated rings. The van der Waals surface area contributed by atoms with Gasteiger partial charge in [0.25, 0.3) is 0 Å². The third kappa shape index (κ3) is 8.09. The Balaban J connectivity index is 2.04. The molecule has 2 amide bonds. The molecular formula is C28H36F6N4O4. The van der Waals surface area contributed by atoms with E-state index in [9.17, 15) is 35.9 Å². The van der Waals surface area contributed by atoms with Gasteiger partial charge in [0.05, 0.1) is 18.2 Å². The maximum Gasteiger partial charge on any atom is 0.416 e. The van der Waals surface area contributed by atoms with Gasteiger partial charge in [0, 0.05) is 50.5 Å². The van der Waals surface area contributed by atoms with Gasteiger partial charge < -0.3 is 23.8 Å². The predicted octanol–water partition coefficient (Wildman–Crippen LogP) is 6.82. The summed E-state index contributed by atoms with van der Waals surface area (Å²) in [5, 5.41) is 0. The molecule has 0 bridgehead atoms. The van der Waals surface area contributed by atoms with Crippen LogP contribution < -0.4 is 0 Å². The lowest BCUT2D eigenvalue weighted by Crippen LogP contribution is -2.59. The molecule has 0 N–H and O–H groups in total. The van der Waals surface area contributed by atoms with Crippen molar-refractivity contribution in [3.05, 3.63) is 53.1 Å². The van der Waals surface area contributed by atoms with Crippen LogP contribution in [0.1, 0.15) is 69.5 Å². The molecule has 234 valence electrons. The number of carbonyl (C=O) groups excluding carboxylic acids is 2. The number of ether oxygens (including phenoxy) is 2. The lowest BCUT2D eigenvalue weighted by molar-refractivity contribution is -0.143. The van der Waals surface area contributed by atoms with Crippen LogP contribution in [0.2, 0.25) is 0 Å². The first kappa shape index (κ1) is 33.1. The van der Waals surface area contributed by atoms with Crippen LogP contribution in [-0.2, 0) is 41.8 Å². The lowest BCUT2D eigenvalue weighted by atomic mass is 9.87. The average molecular weight is 607 g/mol. The highest BCUT2D eigenvalue weighted by Crippen LogP contribution is 2.38. The van der Waals surface area contributed by atoms with Gasteiger partial charge in [0.1, 0.15) is 11.4 Å². The number of piperidine rings is 1. The minimum atomic E-state index is -5.04. The monoisotopic (exact) mass is 606 g/mol. The standard InChI is InChI=1S/C28H36F6N4O4/c1-7-20-13-21(14-22(15-23-35-8-9-36(23)5)38(20)25(40)42-26(2,3)4)37(24(39)41-6)16-17-10-18(27(29,30)31)12-19(11-17)28(32,33)34/h8-12,20-22H,7,13-16H2,1-6H3/t20-,21+,22-/m1/s1. The fourth-order valence-corrected chi connectivity index (χ4v) is 5.23. The predicted molar refractivity (Wildman–Crippen MR) is 140 cm³/mol. The lowest BCUT2D eigenvalue weighted by Gasteiger charge is -2.47. The number of rotatable bonds is 6. The summed E-state index contributed by atoms with van der Waals surface area (Å²) in [7, 11) is 2.87. The highest BCUT2D eigenvalue weighted by Gasteiger charge is 2.44. The second kappa shape index (κ2) is 12.4. The Morgan fingerprint density at radius 3 is 2.02 bits per heavy atom. The molecular weight excluding hydrogens is 570 g/mol. The smallest absolute Gasteiger partial charge is 0.416 e. The number of nitrogens with zero attached hydrogens (tertiary/aromatic N) is 4. The van der Waals surface area contributed by atoms with Gasteiger partial charge in [0.2, 0.25) is 0 Å². The molecule has 0 unspecified atom stereocenters. The van der Waals surface area contributed by atoms with Crippen molar-refractivity contribution in [3.8, 4) is 0 Å². The van der Waals surface area contributed by atoms with Crippen LogP contribution >= 0.6 is 0 Å². The largest absolute Gasteiger partial charge is 0.453 e. The van der Waals surface area contributed by atoms with Crippen LogP contribution in [0, 0.1) is 0 Å². The zero-order valence-corrected chi connectivity index (χ0v) is 24.3. The normalized spacial score (nSPS) is 19.9. The maximum atomic E-state index is 13.5. The quantitative estimate of drug-likeness (QED) is 0.338. The van der Waals surface area contributed by atoms with Crippen molar-refractivity contribution in [1.29, 1.82) is 0 Å². The average Bonchev–Trinajstić information content (AvgIpc) is 3.27. The molecule has 1 aromatic heterocycles. The number of hydrogen-bond donors (Lipinski definition) is 0. The molecule has 0 aliphatic carbocycles. The van der Waals surface area contributed by atoms with Gasteiger partial charge >= 0.3 is 24.5 Å². The van der Waals surface area contributed by atoms with Gasteiger partial charge in [-0.1, -0.05) is 6.92 Å². The topological polar surface area (TPSA) is 76.9 Å². The molecule has 1 aliphatic heterocycles. The summed E-state index contributed by atoms with van der Waals surface area (Å²) >= 11 is 0. The van der Waals surface area contributed by atoms with Crippen molar-refractivity contribution in [2.45, 2.75) is 96.0 Å². The van der Waals surface area contributed by atoms with Gasteiger partial charge in [-0.2, -0.15) is 26.3 Å². The Morgan fingerprint density at radius 1 is 1.00 bits per heavy atom. The first-order valence-corrected chi connectivity index (χ1v) is 13.4. The number of halogens is 6. The van der Waals surface area contributed by atoms with E-state index in [1.54, 1.807) is 49.7 Å². The van der Waals surface area contributed by atoms with E-state index in [1.165, 1.54) is 0 Å². The second-order valence-corrected chi connectivity index (χ2v) is 11.4. The van der Waals surface area contributed by atoms with Gasteiger partial charge in [-0.15, -0.1) is 0 Å². The van der Waals surface area contributed by atoms with Crippen LogP contribution in [0.15, 0.2) is 30.6 Å². The Morgan fingerprint density at radius 2 is 1.57 bits per heavy atom. The minimum absolute atomic E-state index is 0.0430. The Kier molecular flexibility index (Phi) is 9.78. The van der Waals surface area contributed by atoms with Crippen LogP contribution in [-0.4, -0.2) is 62.4 Å². The molecule has 3 rings (SSSR count). The summed E-state index contributed by atoms with van der Waals surface area (Å²) in [5.41, 5.74) is -4.10. The number of benzene rings is 1. The molecule has 0 radical (unpaired) electrons.